The average molecular weight is 568 g/mol. The molecular formula is C29H42FNO7S. The molecule has 0 bridgehead atoms. The number of hydrogen-bond donors (Lipinski definition) is 2. The number of aromatic nitrogens is 1. The Kier molecular flexibility index (Phi) is 8.74. The molecule has 218 valence electrons. The smallest absolute Gasteiger partial charge is 0.309 e. The maximum absolute atomic E-state index is 15.7. The number of carbonyl (C=O) groups excluding carboxylic acids is 2. The van der Waals surface area contributed by atoms with Crippen molar-refractivity contribution >= 4 is 29.2 Å². The van der Waals surface area contributed by atoms with Crippen molar-refractivity contribution < 1.29 is 38.4 Å². The van der Waals surface area contributed by atoms with Gasteiger partial charge in [-0.05, 0) is 45.1 Å². The van der Waals surface area contributed by atoms with Crippen LogP contribution in [0.25, 0.3) is 6.08 Å². The minimum absolute atomic E-state index is 0.120. The lowest BCUT2D eigenvalue weighted by Crippen LogP contribution is -2.48. The Morgan fingerprint density at radius 3 is 2.56 bits per heavy atom. The summed E-state index contributed by atoms with van der Waals surface area (Å²) >= 11 is 1.39. The van der Waals surface area contributed by atoms with Crippen LogP contribution in [0.1, 0.15) is 83.8 Å². The second-order valence-electron chi connectivity index (χ2n) is 12.2. The van der Waals surface area contributed by atoms with Gasteiger partial charge in [0.1, 0.15) is 17.2 Å². The van der Waals surface area contributed by atoms with Crippen LogP contribution in [0.4, 0.5) is 4.39 Å². The summed E-state index contributed by atoms with van der Waals surface area (Å²) in [4.78, 5) is 31.0. The van der Waals surface area contributed by atoms with Crippen molar-refractivity contribution in [1.82, 2.24) is 4.98 Å². The third kappa shape index (κ3) is 6.30. The number of hydrogen-bond acceptors (Lipinski definition) is 9. The number of fused-ring (bicyclic) bond motifs is 1. The number of rotatable bonds is 4. The van der Waals surface area contributed by atoms with Crippen molar-refractivity contribution in [3.8, 4) is 0 Å². The van der Waals surface area contributed by atoms with Crippen molar-refractivity contribution in [2.24, 2.45) is 17.3 Å². The topological polar surface area (TPSA) is 122 Å². The highest BCUT2D eigenvalue weighted by atomic mass is 32.1. The van der Waals surface area contributed by atoms with Gasteiger partial charge in [-0.2, -0.15) is 0 Å². The maximum Gasteiger partial charge on any atom is 0.309 e. The van der Waals surface area contributed by atoms with E-state index in [0.29, 0.717) is 31.6 Å². The molecule has 3 unspecified atom stereocenters. The first-order valence-electron chi connectivity index (χ1n) is 13.9. The molecule has 3 aliphatic rings. The third-order valence-corrected chi connectivity index (χ3v) is 9.88. The Labute approximate surface area is 233 Å². The first-order chi connectivity index (χ1) is 18.2. The fourth-order valence-electron chi connectivity index (χ4n) is 6.01. The predicted octanol–water partition coefficient (Wildman–Crippen LogP) is 4.54. The molecular weight excluding hydrogens is 525 g/mol. The molecule has 2 N–H and O–H groups in total. The van der Waals surface area contributed by atoms with Gasteiger partial charge in [0, 0.05) is 11.8 Å². The van der Waals surface area contributed by atoms with Crippen LogP contribution in [0.2, 0.25) is 0 Å². The lowest BCUT2D eigenvalue weighted by molar-refractivity contribution is -0.156. The summed E-state index contributed by atoms with van der Waals surface area (Å²) in [7, 11) is 0. The monoisotopic (exact) mass is 567 g/mol. The first-order valence-corrected chi connectivity index (χ1v) is 14.8. The highest BCUT2D eigenvalue weighted by Crippen LogP contribution is 2.57. The van der Waals surface area contributed by atoms with Crippen LogP contribution in [0.15, 0.2) is 11.2 Å². The van der Waals surface area contributed by atoms with Crippen molar-refractivity contribution in [1.29, 1.82) is 0 Å². The van der Waals surface area contributed by atoms with Crippen LogP contribution >= 0.6 is 11.3 Å². The molecule has 1 aromatic heterocycles. The Morgan fingerprint density at radius 1 is 1.28 bits per heavy atom. The third-order valence-electron chi connectivity index (χ3n) is 9.09. The Hall–Kier alpha value is -1.72. The molecule has 8 nitrogen and oxygen atoms in total. The molecule has 8 atom stereocenters. The second kappa shape index (κ2) is 11.3. The Morgan fingerprint density at radius 2 is 1.97 bits per heavy atom. The maximum atomic E-state index is 15.7. The minimum Gasteiger partial charge on any atom is -0.455 e. The fraction of sp³-hybridized carbons (Fsp3) is 0.759. The van der Waals surface area contributed by atoms with Crippen molar-refractivity contribution in [2.75, 3.05) is 6.61 Å². The van der Waals surface area contributed by atoms with Crippen LogP contribution in [-0.4, -0.2) is 69.2 Å². The van der Waals surface area contributed by atoms with Crippen LogP contribution in [0.5, 0.6) is 0 Å². The molecule has 0 aliphatic carbocycles. The zero-order valence-electron chi connectivity index (χ0n) is 23.7. The van der Waals surface area contributed by atoms with Crippen LogP contribution in [-0.2, 0) is 23.8 Å². The van der Waals surface area contributed by atoms with E-state index in [1.54, 1.807) is 19.2 Å². The van der Waals surface area contributed by atoms with Crippen molar-refractivity contribution in [3.63, 3.8) is 0 Å². The second-order valence-corrected chi connectivity index (χ2v) is 13.3. The number of ketones is 1. The van der Waals surface area contributed by atoms with Crippen LogP contribution in [0, 0.1) is 24.2 Å². The number of aliphatic hydroxyl groups excluding tert-OH is 2. The molecule has 4 rings (SSSR count). The summed E-state index contributed by atoms with van der Waals surface area (Å²) in [6, 6.07) is 0. The number of aliphatic hydroxyl groups is 2. The lowest BCUT2D eigenvalue weighted by atomic mass is 9.71. The van der Waals surface area contributed by atoms with Gasteiger partial charge in [0.25, 0.3) is 0 Å². The van der Waals surface area contributed by atoms with Crippen molar-refractivity contribution in [2.45, 2.75) is 116 Å². The van der Waals surface area contributed by atoms with E-state index in [2.05, 4.69) is 4.98 Å². The van der Waals surface area contributed by atoms with Gasteiger partial charge in [-0.25, -0.2) is 9.37 Å². The molecule has 0 aromatic carbocycles. The van der Waals surface area contributed by atoms with Crippen molar-refractivity contribution in [3.05, 3.63) is 21.9 Å². The summed E-state index contributed by atoms with van der Waals surface area (Å²) in [5.74, 6) is -2.83. The number of halogens is 1. The molecule has 0 amide bonds. The number of ether oxygens (including phenoxy) is 3. The van der Waals surface area contributed by atoms with E-state index < -0.39 is 65.2 Å². The van der Waals surface area contributed by atoms with Gasteiger partial charge in [0.05, 0.1) is 59.0 Å². The van der Waals surface area contributed by atoms with Crippen LogP contribution in [0.3, 0.4) is 0 Å². The molecule has 0 saturated carbocycles. The normalized spacial score (nSPS) is 40.1. The van der Waals surface area contributed by atoms with Gasteiger partial charge in [-0.1, -0.05) is 34.1 Å². The molecule has 4 heterocycles. The minimum atomic E-state index is -1.40. The molecule has 39 heavy (non-hydrogen) atoms. The molecule has 0 spiro atoms. The highest BCUT2D eigenvalue weighted by molar-refractivity contribution is 7.09. The van der Waals surface area contributed by atoms with E-state index in [0.717, 1.165) is 11.4 Å². The van der Waals surface area contributed by atoms with E-state index in [-0.39, 0.29) is 18.1 Å². The number of Topliss-reactive ketones (excluding diaryl/α,β-unsaturated/α-hetero) is 1. The van der Waals surface area contributed by atoms with Gasteiger partial charge in [0.2, 0.25) is 0 Å². The number of cyclic esters (lactones) is 1. The quantitative estimate of drug-likeness (QED) is 0.402. The molecule has 1 aromatic rings. The number of nitrogens with zero attached hydrogens (tertiary/aromatic N) is 1. The average Bonchev–Trinajstić information content (AvgIpc) is 3.75. The summed E-state index contributed by atoms with van der Waals surface area (Å²) in [5.41, 5.74) is -2.14. The summed E-state index contributed by atoms with van der Waals surface area (Å²) in [5, 5.41) is 24.8. The van der Waals surface area contributed by atoms with E-state index in [9.17, 15) is 19.8 Å². The van der Waals surface area contributed by atoms with Gasteiger partial charge in [-0.3, -0.25) is 9.59 Å². The predicted molar refractivity (Wildman–Crippen MR) is 145 cm³/mol. The SMILES string of the molecule is CCC12C[C@@H](C(F)=Cc3csc(C)n3)OC(=O)C[C@H](O)C(C)(C)C(=O)[C@@H](C3CO3)[C@H](O)[C@@H](C)CCCC1(C)O2. The zero-order chi connectivity index (χ0) is 28.8. The summed E-state index contributed by atoms with van der Waals surface area (Å²) in [6.07, 6.45) is -0.420. The number of carbonyl (C=O) groups is 2. The summed E-state index contributed by atoms with van der Waals surface area (Å²) in [6.45, 7) is 11.2. The summed E-state index contributed by atoms with van der Waals surface area (Å²) < 4.78 is 33.0. The Balaban J connectivity index is 1.64. The van der Waals surface area contributed by atoms with Gasteiger partial charge < -0.3 is 24.4 Å². The van der Waals surface area contributed by atoms with E-state index in [1.165, 1.54) is 17.4 Å². The molecule has 10 heteroatoms. The lowest BCUT2D eigenvalue weighted by Gasteiger charge is -2.35. The number of aryl methyl sites for hydroxylation is 1. The largest absolute Gasteiger partial charge is 0.455 e. The first kappa shape index (κ1) is 30.2. The fourth-order valence-corrected chi connectivity index (χ4v) is 6.58. The van der Waals surface area contributed by atoms with E-state index in [1.807, 2.05) is 27.7 Å². The van der Waals surface area contributed by atoms with Crippen LogP contribution < -0.4 is 0 Å². The van der Waals surface area contributed by atoms with Gasteiger partial charge in [0.15, 0.2) is 6.10 Å². The van der Waals surface area contributed by atoms with E-state index >= 15 is 4.39 Å². The number of thiazole rings is 1. The molecule has 3 aliphatic heterocycles. The highest BCUT2D eigenvalue weighted by Gasteiger charge is 2.66. The molecule has 3 fully saturated rings. The zero-order valence-corrected chi connectivity index (χ0v) is 24.6. The van der Waals surface area contributed by atoms with Gasteiger partial charge >= 0.3 is 5.97 Å². The number of epoxide rings is 2. The Bertz CT molecular complexity index is 1100. The van der Waals surface area contributed by atoms with Gasteiger partial charge in [-0.15, -0.1) is 11.3 Å². The standard InChI is InChI=1S/C29H42FNO7S/c1-7-29-13-20(19(30)11-18-15-39-17(3)31-18)37-23(33)12-22(32)27(4,5)26(35)24(21-14-36-21)25(34)16(2)9-8-10-28(29,6)38-29/h11,15-16,20-22,24-25,32,34H,7-10,12-14H2,1-6H3/t16-,20-,21?,22-,24-,25+,28?,29?/m0/s1. The molecule has 3 saturated heterocycles. The number of esters is 1. The molecule has 0 radical (unpaired) electrons. The van der Waals surface area contributed by atoms with E-state index in [4.69, 9.17) is 14.2 Å².